The first-order chi connectivity index (χ1) is 11.7. The van der Waals surface area contributed by atoms with E-state index in [1.54, 1.807) is 12.3 Å². The lowest BCUT2D eigenvalue weighted by atomic mass is 10.00. The second-order valence-corrected chi connectivity index (χ2v) is 5.67. The van der Waals surface area contributed by atoms with E-state index >= 15 is 0 Å². The lowest BCUT2D eigenvalue weighted by Crippen LogP contribution is -2.22. The summed E-state index contributed by atoms with van der Waals surface area (Å²) in [5, 5.41) is 3.81. The molecule has 0 spiro atoms. The Hall–Kier alpha value is -2.75. The van der Waals surface area contributed by atoms with Crippen molar-refractivity contribution in [3.05, 3.63) is 66.1 Å². The van der Waals surface area contributed by atoms with Gasteiger partial charge < -0.3 is 5.32 Å². The summed E-state index contributed by atoms with van der Waals surface area (Å²) in [7, 11) is 0. The van der Waals surface area contributed by atoms with E-state index in [1.165, 1.54) is 12.1 Å². The Kier molecular flexibility index (Phi) is 4.85. The molecule has 1 N–H and O–H groups in total. The lowest BCUT2D eigenvalue weighted by molar-refractivity contribution is -0.120. The standard InChI is InChI=1S/C20H19FN2O/c1-2-22-20(24)10-9-14-5-4-8-19-18(14)12-16(13-23-19)15-6-3-7-17(21)11-15/h3-8,11-13H,2,9-10H2,1H3,(H,22,24). The summed E-state index contributed by atoms with van der Waals surface area (Å²) in [5.41, 5.74) is 3.61. The van der Waals surface area contributed by atoms with Gasteiger partial charge in [-0.05, 0) is 48.7 Å². The first-order valence-electron chi connectivity index (χ1n) is 8.07. The minimum atomic E-state index is -0.267. The van der Waals surface area contributed by atoms with E-state index in [-0.39, 0.29) is 11.7 Å². The SMILES string of the molecule is CCNC(=O)CCc1cccc2ncc(-c3cccc(F)c3)cc12. The summed E-state index contributed by atoms with van der Waals surface area (Å²) in [4.78, 5) is 16.2. The average molecular weight is 322 g/mol. The Morgan fingerprint density at radius 1 is 1.12 bits per heavy atom. The number of aromatic nitrogens is 1. The molecule has 3 nitrogen and oxygen atoms in total. The summed E-state index contributed by atoms with van der Waals surface area (Å²) >= 11 is 0. The smallest absolute Gasteiger partial charge is 0.220 e. The maximum atomic E-state index is 13.5. The highest BCUT2D eigenvalue weighted by Gasteiger charge is 2.08. The van der Waals surface area contributed by atoms with Crippen molar-refractivity contribution in [3.8, 4) is 11.1 Å². The van der Waals surface area contributed by atoms with E-state index < -0.39 is 0 Å². The maximum Gasteiger partial charge on any atom is 0.220 e. The van der Waals surface area contributed by atoms with E-state index in [1.807, 2.05) is 37.3 Å². The zero-order valence-electron chi connectivity index (χ0n) is 13.6. The van der Waals surface area contributed by atoms with Gasteiger partial charge in [0.15, 0.2) is 0 Å². The van der Waals surface area contributed by atoms with Crippen LogP contribution >= 0.6 is 0 Å². The number of nitrogens with one attached hydrogen (secondary N) is 1. The highest BCUT2D eigenvalue weighted by atomic mass is 19.1. The Labute approximate surface area is 140 Å². The fourth-order valence-electron chi connectivity index (χ4n) is 2.79. The fourth-order valence-corrected chi connectivity index (χ4v) is 2.79. The molecule has 0 bridgehead atoms. The third-order valence-corrected chi connectivity index (χ3v) is 3.97. The number of benzene rings is 2. The number of nitrogens with zero attached hydrogens (tertiary/aromatic N) is 1. The Morgan fingerprint density at radius 3 is 2.75 bits per heavy atom. The number of hydrogen-bond donors (Lipinski definition) is 1. The highest BCUT2D eigenvalue weighted by molar-refractivity contribution is 5.87. The van der Waals surface area contributed by atoms with Crippen LogP contribution in [0.25, 0.3) is 22.0 Å². The van der Waals surface area contributed by atoms with E-state index in [2.05, 4.69) is 10.3 Å². The summed E-state index contributed by atoms with van der Waals surface area (Å²) < 4.78 is 13.5. The third kappa shape index (κ3) is 3.59. The van der Waals surface area contributed by atoms with Crippen molar-refractivity contribution in [1.82, 2.24) is 10.3 Å². The molecule has 1 heterocycles. The van der Waals surface area contributed by atoms with Crippen molar-refractivity contribution < 1.29 is 9.18 Å². The predicted molar refractivity (Wildman–Crippen MR) is 94.1 cm³/mol. The van der Waals surface area contributed by atoms with Crippen LogP contribution in [-0.2, 0) is 11.2 Å². The van der Waals surface area contributed by atoms with Crippen LogP contribution in [0.4, 0.5) is 4.39 Å². The van der Waals surface area contributed by atoms with E-state index in [9.17, 15) is 9.18 Å². The topological polar surface area (TPSA) is 42.0 Å². The predicted octanol–water partition coefficient (Wildman–Crippen LogP) is 4.11. The van der Waals surface area contributed by atoms with Crippen LogP contribution in [0, 0.1) is 5.82 Å². The summed E-state index contributed by atoms with van der Waals surface area (Å²) in [6.45, 7) is 2.55. The molecule has 4 heteroatoms. The number of amides is 1. The van der Waals surface area contributed by atoms with Crippen LogP contribution in [-0.4, -0.2) is 17.4 Å². The fraction of sp³-hybridized carbons (Fsp3) is 0.200. The van der Waals surface area contributed by atoms with Crippen LogP contribution in [0.3, 0.4) is 0 Å². The number of pyridine rings is 1. The van der Waals surface area contributed by atoms with Gasteiger partial charge in [-0.25, -0.2) is 4.39 Å². The molecule has 0 unspecified atom stereocenters. The van der Waals surface area contributed by atoms with Crippen LogP contribution in [0.15, 0.2) is 54.7 Å². The molecule has 0 aliphatic rings. The molecule has 3 rings (SSSR count). The van der Waals surface area contributed by atoms with Crippen molar-refractivity contribution in [2.75, 3.05) is 6.54 Å². The molecule has 0 atom stereocenters. The highest BCUT2D eigenvalue weighted by Crippen LogP contribution is 2.26. The number of aryl methyl sites for hydroxylation is 1. The van der Waals surface area contributed by atoms with Crippen LogP contribution < -0.4 is 5.32 Å². The van der Waals surface area contributed by atoms with E-state index in [0.717, 1.165) is 27.6 Å². The third-order valence-electron chi connectivity index (χ3n) is 3.97. The van der Waals surface area contributed by atoms with Gasteiger partial charge in [0.25, 0.3) is 0 Å². The van der Waals surface area contributed by atoms with Gasteiger partial charge in [0.1, 0.15) is 5.82 Å². The first kappa shape index (κ1) is 16.1. The lowest BCUT2D eigenvalue weighted by Gasteiger charge is -2.09. The Morgan fingerprint density at radius 2 is 1.96 bits per heavy atom. The van der Waals surface area contributed by atoms with E-state index in [4.69, 9.17) is 0 Å². The largest absolute Gasteiger partial charge is 0.356 e. The van der Waals surface area contributed by atoms with Crippen molar-refractivity contribution in [2.45, 2.75) is 19.8 Å². The average Bonchev–Trinajstić information content (AvgIpc) is 2.59. The molecule has 0 saturated carbocycles. The normalized spacial score (nSPS) is 10.8. The number of halogens is 1. The van der Waals surface area contributed by atoms with Gasteiger partial charge in [-0.2, -0.15) is 0 Å². The molecule has 0 saturated heterocycles. The molecule has 3 aromatic rings. The van der Waals surface area contributed by atoms with Crippen molar-refractivity contribution in [3.63, 3.8) is 0 Å². The van der Waals surface area contributed by atoms with E-state index in [0.29, 0.717) is 19.4 Å². The molecule has 0 radical (unpaired) electrons. The maximum absolute atomic E-state index is 13.5. The van der Waals surface area contributed by atoms with Gasteiger partial charge in [0.05, 0.1) is 5.52 Å². The number of carbonyl (C=O) groups excluding carboxylic acids is 1. The second kappa shape index (κ2) is 7.21. The molecule has 24 heavy (non-hydrogen) atoms. The zero-order valence-corrected chi connectivity index (χ0v) is 13.6. The molecule has 1 amide bonds. The van der Waals surface area contributed by atoms with Gasteiger partial charge in [0.2, 0.25) is 5.91 Å². The quantitative estimate of drug-likeness (QED) is 0.768. The molecular formula is C20H19FN2O. The number of hydrogen-bond acceptors (Lipinski definition) is 2. The van der Waals surface area contributed by atoms with Gasteiger partial charge in [-0.1, -0.05) is 24.3 Å². The number of carbonyl (C=O) groups is 1. The zero-order chi connectivity index (χ0) is 16.9. The van der Waals surface area contributed by atoms with Crippen LogP contribution in [0.1, 0.15) is 18.9 Å². The molecular weight excluding hydrogens is 303 g/mol. The van der Waals surface area contributed by atoms with Crippen LogP contribution in [0.2, 0.25) is 0 Å². The Bertz CT molecular complexity index is 876. The van der Waals surface area contributed by atoms with Crippen molar-refractivity contribution >= 4 is 16.8 Å². The van der Waals surface area contributed by atoms with Crippen molar-refractivity contribution in [1.29, 1.82) is 0 Å². The number of fused-ring (bicyclic) bond motifs is 1. The first-order valence-corrected chi connectivity index (χ1v) is 8.07. The molecule has 0 fully saturated rings. The second-order valence-electron chi connectivity index (χ2n) is 5.67. The molecule has 1 aromatic heterocycles. The summed E-state index contributed by atoms with van der Waals surface area (Å²) in [6, 6.07) is 14.4. The summed E-state index contributed by atoms with van der Waals surface area (Å²) in [6.07, 6.45) is 2.85. The summed E-state index contributed by atoms with van der Waals surface area (Å²) in [5.74, 6) is -0.221. The Balaban J connectivity index is 1.95. The molecule has 122 valence electrons. The van der Waals surface area contributed by atoms with Gasteiger partial charge in [-0.3, -0.25) is 9.78 Å². The molecule has 0 aliphatic carbocycles. The van der Waals surface area contributed by atoms with Gasteiger partial charge >= 0.3 is 0 Å². The molecule has 0 aliphatic heterocycles. The minimum Gasteiger partial charge on any atom is -0.356 e. The minimum absolute atomic E-state index is 0.0451. The van der Waals surface area contributed by atoms with Crippen LogP contribution in [0.5, 0.6) is 0 Å². The number of rotatable bonds is 5. The molecule has 2 aromatic carbocycles. The van der Waals surface area contributed by atoms with Gasteiger partial charge in [0, 0.05) is 30.1 Å². The monoisotopic (exact) mass is 322 g/mol. The van der Waals surface area contributed by atoms with Gasteiger partial charge in [-0.15, -0.1) is 0 Å². The van der Waals surface area contributed by atoms with Crippen molar-refractivity contribution in [2.24, 2.45) is 0 Å².